The van der Waals surface area contributed by atoms with Crippen molar-refractivity contribution in [2.75, 3.05) is 13.1 Å². The highest BCUT2D eigenvalue weighted by Crippen LogP contribution is 2.31. The normalized spacial score (nSPS) is 14.7. The third-order valence-electron chi connectivity index (χ3n) is 5.11. The zero-order valence-corrected chi connectivity index (χ0v) is 19.2. The number of hydrogen-bond donors (Lipinski definition) is 1. The fraction of sp³-hybridized carbons (Fsp3) is 0.450. The van der Waals surface area contributed by atoms with Crippen molar-refractivity contribution < 1.29 is 4.79 Å². The maximum Gasteiger partial charge on any atom is 0.254 e. The number of halogens is 2. The van der Waals surface area contributed by atoms with Gasteiger partial charge < -0.3 is 10.6 Å². The van der Waals surface area contributed by atoms with Gasteiger partial charge in [-0.25, -0.2) is 9.67 Å². The molecule has 9 heteroatoms. The Kier molecular flexibility index (Phi) is 7.67. The summed E-state index contributed by atoms with van der Waals surface area (Å²) in [5.41, 5.74) is 8.29. The minimum atomic E-state index is 0. The van der Waals surface area contributed by atoms with Crippen LogP contribution in [0.4, 0.5) is 0 Å². The lowest BCUT2D eigenvalue weighted by Gasteiger charge is -2.30. The number of likely N-dealkylation sites (tertiary alicyclic amines) is 1. The minimum absolute atomic E-state index is 0. The van der Waals surface area contributed by atoms with E-state index in [-0.39, 0.29) is 42.8 Å². The average Bonchev–Trinajstić information content (AvgIpc) is 3.27. The molecule has 1 saturated heterocycles. The number of rotatable bonds is 3. The monoisotopic (exact) mass is 455 g/mol. The van der Waals surface area contributed by atoms with Crippen LogP contribution in [-0.2, 0) is 0 Å². The van der Waals surface area contributed by atoms with Crippen molar-refractivity contribution in [3.8, 4) is 10.6 Å². The van der Waals surface area contributed by atoms with Crippen molar-refractivity contribution in [1.82, 2.24) is 19.7 Å². The second-order valence-corrected chi connectivity index (χ2v) is 8.80. The van der Waals surface area contributed by atoms with Gasteiger partial charge in [-0.05, 0) is 51.8 Å². The summed E-state index contributed by atoms with van der Waals surface area (Å²) < 4.78 is 1.89. The van der Waals surface area contributed by atoms with Gasteiger partial charge in [0, 0.05) is 30.1 Å². The molecule has 0 spiro atoms. The molecular formula is C20H27Cl2N5OS. The zero-order valence-electron chi connectivity index (χ0n) is 16.8. The molecule has 0 bridgehead atoms. The number of carbonyl (C=O) groups excluding carboxylic acids is 1. The van der Waals surface area contributed by atoms with Gasteiger partial charge in [0.25, 0.3) is 5.91 Å². The molecule has 1 aliphatic rings. The van der Waals surface area contributed by atoms with E-state index < -0.39 is 0 Å². The second kappa shape index (κ2) is 9.43. The Morgan fingerprint density at radius 3 is 2.52 bits per heavy atom. The van der Waals surface area contributed by atoms with Gasteiger partial charge in [0.15, 0.2) is 5.65 Å². The van der Waals surface area contributed by atoms with Gasteiger partial charge in [-0.1, -0.05) is 0 Å². The summed E-state index contributed by atoms with van der Waals surface area (Å²) in [6.07, 6.45) is 3.47. The van der Waals surface area contributed by atoms with Crippen LogP contribution in [0, 0.1) is 6.92 Å². The number of nitrogens with zero attached hydrogens (tertiary/aromatic N) is 4. The summed E-state index contributed by atoms with van der Waals surface area (Å²) in [5, 5.41) is 5.32. The van der Waals surface area contributed by atoms with E-state index in [1.165, 1.54) is 4.88 Å². The number of hydrogen-bond acceptors (Lipinski definition) is 5. The summed E-state index contributed by atoms with van der Waals surface area (Å²) in [6.45, 7) is 7.63. The van der Waals surface area contributed by atoms with Crippen LogP contribution in [0.25, 0.3) is 21.6 Å². The van der Waals surface area contributed by atoms with E-state index in [1.807, 2.05) is 15.6 Å². The largest absolute Gasteiger partial charge is 0.339 e. The van der Waals surface area contributed by atoms with Crippen LogP contribution in [0.1, 0.15) is 48.0 Å². The molecule has 0 unspecified atom stereocenters. The molecule has 0 aliphatic carbocycles. The number of thiophene rings is 1. The van der Waals surface area contributed by atoms with Crippen molar-refractivity contribution in [2.24, 2.45) is 5.73 Å². The van der Waals surface area contributed by atoms with Gasteiger partial charge in [0.1, 0.15) is 0 Å². The van der Waals surface area contributed by atoms with Gasteiger partial charge >= 0.3 is 0 Å². The smallest absolute Gasteiger partial charge is 0.254 e. The second-order valence-electron chi connectivity index (χ2n) is 7.52. The van der Waals surface area contributed by atoms with Gasteiger partial charge in [0.05, 0.1) is 27.7 Å². The van der Waals surface area contributed by atoms with Crippen molar-refractivity contribution in [3.63, 3.8) is 0 Å². The number of pyridine rings is 1. The van der Waals surface area contributed by atoms with Crippen molar-refractivity contribution in [2.45, 2.75) is 45.7 Å². The SMILES string of the molecule is Cc1ccc(-c2cc(C(=O)N3CCC(N)CC3)c3cnn(C(C)C)c3n2)s1.Cl.Cl. The Bertz CT molecular complexity index is 992. The topological polar surface area (TPSA) is 77.0 Å². The highest BCUT2D eigenvalue weighted by molar-refractivity contribution is 7.15. The Morgan fingerprint density at radius 1 is 1.24 bits per heavy atom. The first-order valence-corrected chi connectivity index (χ1v) is 10.3. The molecule has 4 rings (SSSR count). The fourth-order valence-corrected chi connectivity index (χ4v) is 4.37. The summed E-state index contributed by atoms with van der Waals surface area (Å²) >= 11 is 1.69. The highest BCUT2D eigenvalue weighted by Gasteiger charge is 2.25. The number of fused-ring (bicyclic) bond motifs is 1. The minimum Gasteiger partial charge on any atom is -0.339 e. The number of amides is 1. The van der Waals surface area contributed by atoms with E-state index in [1.54, 1.807) is 17.5 Å². The molecule has 1 fully saturated rings. The van der Waals surface area contributed by atoms with Gasteiger partial charge in [-0.15, -0.1) is 36.2 Å². The van der Waals surface area contributed by atoms with Crippen molar-refractivity contribution >= 4 is 53.1 Å². The fourth-order valence-electron chi connectivity index (χ4n) is 3.54. The van der Waals surface area contributed by atoms with E-state index >= 15 is 0 Å². The zero-order chi connectivity index (χ0) is 19.1. The van der Waals surface area contributed by atoms with E-state index in [2.05, 4.69) is 38.0 Å². The van der Waals surface area contributed by atoms with Gasteiger partial charge in [-0.3, -0.25) is 4.79 Å². The number of aryl methyl sites for hydroxylation is 1. The first-order valence-electron chi connectivity index (χ1n) is 9.44. The summed E-state index contributed by atoms with van der Waals surface area (Å²) in [6, 6.07) is 6.44. The Balaban J connectivity index is 0.00000150. The maximum atomic E-state index is 13.3. The number of piperidine rings is 1. The number of nitrogens with two attached hydrogens (primary N) is 1. The van der Waals surface area contributed by atoms with Crippen molar-refractivity contribution in [3.05, 3.63) is 34.8 Å². The number of carbonyl (C=O) groups is 1. The van der Waals surface area contributed by atoms with Crippen LogP contribution in [-0.4, -0.2) is 44.7 Å². The van der Waals surface area contributed by atoms with Crippen LogP contribution >= 0.6 is 36.2 Å². The van der Waals surface area contributed by atoms with E-state index in [0.717, 1.165) is 34.4 Å². The summed E-state index contributed by atoms with van der Waals surface area (Å²) in [5.74, 6) is 0.0483. The van der Waals surface area contributed by atoms with E-state index in [9.17, 15) is 4.79 Å². The molecule has 29 heavy (non-hydrogen) atoms. The molecule has 2 N–H and O–H groups in total. The van der Waals surface area contributed by atoms with Crippen LogP contribution in [0.15, 0.2) is 24.4 Å². The molecule has 0 radical (unpaired) electrons. The number of aromatic nitrogens is 3. The highest BCUT2D eigenvalue weighted by atomic mass is 35.5. The lowest BCUT2D eigenvalue weighted by atomic mass is 10.0. The molecule has 3 aromatic heterocycles. The third-order valence-corrected chi connectivity index (χ3v) is 6.13. The molecule has 3 aromatic rings. The van der Waals surface area contributed by atoms with Crippen LogP contribution in [0.3, 0.4) is 0 Å². The van der Waals surface area contributed by atoms with Crippen LogP contribution in [0.2, 0.25) is 0 Å². The lowest BCUT2D eigenvalue weighted by Crippen LogP contribution is -2.42. The molecule has 4 heterocycles. The Labute approximate surface area is 187 Å². The first kappa shape index (κ1) is 23.6. The van der Waals surface area contributed by atoms with E-state index in [0.29, 0.717) is 18.7 Å². The standard InChI is InChI=1S/C20H25N5OS.2ClH/c1-12(2)25-19-16(11-22-25)15(20(26)24-8-6-14(21)7-9-24)10-17(23-19)18-5-4-13(3)27-18;;/h4-5,10-12,14H,6-9,21H2,1-3H3;2*1H. The summed E-state index contributed by atoms with van der Waals surface area (Å²) in [4.78, 5) is 22.4. The molecule has 1 amide bonds. The maximum absolute atomic E-state index is 13.3. The van der Waals surface area contributed by atoms with Crippen molar-refractivity contribution in [1.29, 1.82) is 0 Å². The van der Waals surface area contributed by atoms with Crippen LogP contribution < -0.4 is 5.73 Å². The predicted molar refractivity (Wildman–Crippen MR) is 124 cm³/mol. The molecule has 0 saturated carbocycles. The quantitative estimate of drug-likeness (QED) is 0.632. The third kappa shape index (κ3) is 4.58. The molecule has 1 aliphatic heterocycles. The molecule has 0 aromatic carbocycles. The Hall–Kier alpha value is -1.67. The van der Waals surface area contributed by atoms with Gasteiger partial charge in [0.2, 0.25) is 0 Å². The van der Waals surface area contributed by atoms with E-state index in [4.69, 9.17) is 10.7 Å². The summed E-state index contributed by atoms with van der Waals surface area (Å²) in [7, 11) is 0. The predicted octanol–water partition coefficient (Wildman–Crippen LogP) is 4.46. The molecule has 158 valence electrons. The van der Waals surface area contributed by atoms with Gasteiger partial charge in [-0.2, -0.15) is 5.10 Å². The van der Waals surface area contributed by atoms with Crippen LogP contribution in [0.5, 0.6) is 0 Å². The first-order chi connectivity index (χ1) is 12.9. The average molecular weight is 456 g/mol. The molecular weight excluding hydrogens is 429 g/mol. The molecule has 6 nitrogen and oxygen atoms in total. The Morgan fingerprint density at radius 2 is 1.93 bits per heavy atom. The lowest BCUT2D eigenvalue weighted by molar-refractivity contribution is 0.0716. The molecule has 0 atom stereocenters.